The molecular weight excluding hydrogens is 156 g/mol. The SMILES string of the molecule is C=C(C)C(=O)NCNC(=O)CC. The highest BCUT2D eigenvalue weighted by atomic mass is 16.2. The van der Waals surface area contributed by atoms with Gasteiger partial charge in [0.2, 0.25) is 11.8 Å². The van der Waals surface area contributed by atoms with Crippen LogP contribution in [0.2, 0.25) is 0 Å². The van der Waals surface area contributed by atoms with Gasteiger partial charge >= 0.3 is 0 Å². The number of carbonyl (C=O) groups excluding carboxylic acids is 2. The van der Waals surface area contributed by atoms with Gasteiger partial charge in [-0.25, -0.2) is 0 Å². The first kappa shape index (κ1) is 10.7. The molecule has 0 aliphatic carbocycles. The van der Waals surface area contributed by atoms with Crippen LogP contribution >= 0.6 is 0 Å². The number of amides is 2. The third-order valence-electron chi connectivity index (χ3n) is 1.24. The predicted octanol–water partition coefficient (Wildman–Crippen LogP) is 0.162. The third-order valence-corrected chi connectivity index (χ3v) is 1.24. The van der Waals surface area contributed by atoms with Crippen molar-refractivity contribution in [1.29, 1.82) is 0 Å². The van der Waals surface area contributed by atoms with Gasteiger partial charge in [0.05, 0.1) is 6.67 Å². The van der Waals surface area contributed by atoms with Crippen molar-refractivity contribution in [2.24, 2.45) is 0 Å². The van der Waals surface area contributed by atoms with Gasteiger partial charge in [0.15, 0.2) is 0 Å². The highest BCUT2D eigenvalue weighted by molar-refractivity contribution is 5.92. The van der Waals surface area contributed by atoms with Crippen molar-refractivity contribution in [3.05, 3.63) is 12.2 Å². The van der Waals surface area contributed by atoms with Gasteiger partial charge in [0, 0.05) is 12.0 Å². The monoisotopic (exact) mass is 170 g/mol. The Balaban J connectivity index is 3.50. The fraction of sp³-hybridized carbons (Fsp3) is 0.500. The van der Waals surface area contributed by atoms with E-state index in [9.17, 15) is 9.59 Å². The van der Waals surface area contributed by atoms with Gasteiger partial charge in [-0.05, 0) is 6.92 Å². The first-order valence-electron chi connectivity index (χ1n) is 3.78. The minimum atomic E-state index is -0.244. The van der Waals surface area contributed by atoms with E-state index in [0.717, 1.165) is 0 Å². The fourth-order valence-corrected chi connectivity index (χ4v) is 0.499. The zero-order valence-corrected chi connectivity index (χ0v) is 7.44. The van der Waals surface area contributed by atoms with Crippen LogP contribution in [0.5, 0.6) is 0 Å². The molecule has 12 heavy (non-hydrogen) atoms. The molecule has 0 unspecified atom stereocenters. The maximum Gasteiger partial charge on any atom is 0.247 e. The van der Waals surface area contributed by atoms with Crippen molar-refractivity contribution in [2.75, 3.05) is 6.67 Å². The summed E-state index contributed by atoms with van der Waals surface area (Å²) >= 11 is 0. The largest absolute Gasteiger partial charge is 0.339 e. The van der Waals surface area contributed by atoms with E-state index in [-0.39, 0.29) is 18.5 Å². The second kappa shape index (κ2) is 5.35. The second-order valence-electron chi connectivity index (χ2n) is 2.42. The Bertz CT molecular complexity index is 199. The molecular formula is C8H14N2O2. The second-order valence-corrected chi connectivity index (χ2v) is 2.42. The molecule has 0 fully saturated rings. The van der Waals surface area contributed by atoms with Crippen molar-refractivity contribution in [3.8, 4) is 0 Å². The Morgan fingerprint density at radius 1 is 1.33 bits per heavy atom. The predicted molar refractivity (Wildman–Crippen MR) is 46.3 cm³/mol. The molecule has 0 spiro atoms. The van der Waals surface area contributed by atoms with Gasteiger partial charge in [-0.2, -0.15) is 0 Å². The van der Waals surface area contributed by atoms with E-state index in [1.807, 2.05) is 0 Å². The van der Waals surface area contributed by atoms with Gasteiger partial charge in [-0.15, -0.1) is 0 Å². The Labute approximate surface area is 72.0 Å². The van der Waals surface area contributed by atoms with E-state index in [0.29, 0.717) is 12.0 Å². The molecule has 0 heterocycles. The molecule has 0 aliphatic heterocycles. The molecule has 0 radical (unpaired) electrons. The first-order chi connectivity index (χ1) is 5.57. The average Bonchev–Trinajstić information content (AvgIpc) is 2.03. The van der Waals surface area contributed by atoms with Crippen LogP contribution in [0.1, 0.15) is 20.3 Å². The molecule has 0 aromatic carbocycles. The van der Waals surface area contributed by atoms with Crippen molar-refractivity contribution in [3.63, 3.8) is 0 Å². The summed E-state index contributed by atoms with van der Waals surface area (Å²) in [7, 11) is 0. The molecule has 2 amide bonds. The van der Waals surface area contributed by atoms with Crippen LogP contribution in [-0.2, 0) is 9.59 Å². The molecule has 4 heteroatoms. The normalized spacial score (nSPS) is 8.83. The van der Waals surface area contributed by atoms with Crippen LogP contribution in [0.3, 0.4) is 0 Å². The highest BCUT2D eigenvalue weighted by Gasteiger charge is 2.00. The van der Waals surface area contributed by atoms with Crippen molar-refractivity contribution >= 4 is 11.8 Å². The Morgan fingerprint density at radius 2 is 1.92 bits per heavy atom. The van der Waals surface area contributed by atoms with Crippen molar-refractivity contribution in [2.45, 2.75) is 20.3 Å². The summed E-state index contributed by atoms with van der Waals surface area (Å²) in [5.74, 6) is -0.330. The maximum atomic E-state index is 10.9. The molecule has 68 valence electrons. The molecule has 0 saturated carbocycles. The fourth-order valence-electron chi connectivity index (χ4n) is 0.499. The summed E-state index contributed by atoms with van der Waals surface area (Å²) in [6, 6.07) is 0. The maximum absolute atomic E-state index is 10.9. The number of rotatable bonds is 4. The molecule has 0 aromatic heterocycles. The van der Waals surface area contributed by atoms with Crippen LogP contribution in [0.25, 0.3) is 0 Å². The quantitative estimate of drug-likeness (QED) is 0.466. The number of hydrogen-bond donors (Lipinski definition) is 2. The lowest BCUT2D eigenvalue weighted by molar-refractivity contribution is -0.121. The van der Waals surface area contributed by atoms with Gasteiger partial charge in [0.25, 0.3) is 0 Å². The first-order valence-corrected chi connectivity index (χ1v) is 3.78. The number of carbonyl (C=O) groups is 2. The Hall–Kier alpha value is -1.32. The summed E-state index contributed by atoms with van der Waals surface area (Å²) in [4.78, 5) is 21.5. The molecule has 0 atom stereocenters. The smallest absolute Gasteiger partial charge is 0.247 e. The van der Waals surface area contributed by atoms with Crippen LogP contribution in [0.4, 0.5) is 0 Å². The molecule has 0 aromatic rings. The Morgan fingerprint density at radius 3 is 2.33 bits per heavy atom. The lowest BCUT2D eigenvalue weighted by Crippen LogP contribution is -2.37. The highest BCUT2D eigenvalue weighted by Crippen LogP contribution is 1.83. The minimum Gasteiger partial charge on any atom is -0.339 e. The van der Waals surface area contributed by atoms with Crippen molar-refractivity contribution < 1.29 is 9.59 Å². The minimum absolute atomic E-state index is 0.0861. The average molecular weight is 170 g/mol. The van der Waals surface area contributed by atoms with Gasteiger partial charge < -0.3 is 10.6 Å². The van der Waals surface area contributed by atoms with Crippen molar-refractivity contribution in [1.82, 2.24) is 10.6 Å². The van der Waals surface area contributed by atoms with E-state index in [2.05, 4.69) is 17.2 Å². The zero-order valence-electron chi connectivity index (χ0n) is 7.44. The summed E-state index contributed by atoms with van der Waals surface area (Å²) < 4.78 is 0. The number of nitrogens with one attached hydrogen (secondary N) is 2. The molecule has 0 aliphatic rings. The topological polar surface area (TPSA) is 58.2 Å². The summed E-state index contributed by atoms with van der Waals surface area (Å²) in [6.45, 7) is 6.97. The summed E-state index contributed by atoms with van der Waals surface area (Å²) in [5.41, 5.74) is 0.431. The van der Waals surface area contributed by atoms with Crippen LogP contribution in [0, 0.1) is 0 Å². The van der Waals surface area contributed by atoms with Gasteiger partial charge in [-0.1, -0.05) is 13.5 Å². The summed E-state index contributed by atoms with van der Waals surface area (Å²) in [5, 5.41) is 4.98. The Kier molecular flexibility index (Phi) is 4.76. The molecule has 0 saturated heterocycles. The summed E-state index contributed by atoms with van der Waals surface area (Å²) in [6.07, 6.45) is 0.420. The zero-order chi connectivity index (χ0) is 9.56. The lowest BCUT2D eigenvalue weighted by atomic mass is 10.3. The van der Waals surface area contributed by atoms with E-state index >= 15 is 0 Å². The molecule has 4 nitrogen and oxygen atoms in total. The van der Waals surface area contributed by atoms with E-state index in [1.54, 1.807) is 13.8 Å². The van der Waals surface area contributed by atoms with Crippen LogP contribution < -0.4 is 10.6 Å². The van der Waals surface area contributed by atoms with E-state index in [4.69, 9.17) is 0 Å². The standard InChI is InChI=1S/C8H14N2O2/c1-4-7(11)9-5-10-8(12)6(2)3/h2,4-5H2,1,3H3,(H,9,11)(H,10,12). The van der Waals surface area contributed by atoms with E-state index < -0.39 is 0 Å². The number of hydrogen-bond acceptors (Lipinski definition) is 2. The van der Waals surface area contributed by atoms with Crippen LogP contribution in [0.15, 0.2) is 12.2 Å². The molecule has 0 bridgehead atoms. The van der Waals surface area contributed by atoms with E-state index in [1.165, 1.54) is 0 Å². The van der Waals surface area contributed by atoms with Crippen LogP contribution in [-0.4, -0.2) is 18.5 Å². The molecule has 2 N–H and O–H groups in total. The van der Waals surface area contributed by atoms with Gasteiger partial charge in [-0.3, -0.25) is 9.59 Å². The van der Waals surface area contributed by atoms with Gasteiger partial charge in [0.1, 0.15) is 0 Å². The molecule has 0 rings (SSSR count). The third kappa shape index (κ3) is 4.49. The lowest BCUT2D eigenvalue weighted by Gasteiger charge is -2.05.